The molecule has 2 aromatic carbocycles. The normalized spacial score (nSPS) is 12.1. The van der Waals surface area contributed by atoms with Crippen molar-refractivity contribution in [2.24, 2.45) is 0 Å². The van der Waals surface area contributed by atoms with Crippen molar-refractivity contribution >= 4 is 43.5 Å². The van der Waals surface area contributed by atoms with Gasteiger partial charge in [-0.3, -0.25) is 0 Å². The molecule has 2 nitrogen and oxygen atoms in total. The van der Waals surface area contributed by atoms with E-state index in [0.717, 1.165) is 37.1 Å². The van der Waals surface area contributed by atoms with Crippen molar-refractivity contribution in [1.29, 1.82) is 0 Å². The number of hydrogen-bond donors (Lipinski definition) is 0. The maximum Gasteiger partial charge on any atom is 0.133 e. The summed E-state index contributed by atoms with van der Waals surface area (Å²) in [7, 11) is 3.26. The van der Waals surface area contributed by atoms with Crippen LogP contribution >= 0.6 is 43.5 Å². The molecule has 0 aliphatic heterocycles. The second-order valence-electron chi connectivity index (χ2n) is 4.57. The summed E-state index contributed by atoms with van der Waals surface area (Å²) in [5, 5.41) is -0.337. The number of benzene rings is 2. The maximum absolute atomic E-state index is 6.69. The van der Waals surface area contributed by atoms with Crippen molar-refractivity contribution < 1.29 is 9.47 Å². The molecule has 112 valence electrons. The molecule has 0 bridgehead atoms. The molecule has 0 radical (unpaired) electrons. The zero-order valence-electron chi connectivity index (χ0n) is 11.9. The van der Waals surface area contributed by atoms with E-state index < -0.39 is 0 Å². The summed E-state index contributed by atoms with van der Waals surface area (Å²) in [4.78, 5) is 0. The number of ether oxygens (including phenoxy) is 2. The average Bonchev–Trinajstić information content (AvgIpc) is 2.49. The molecule has 0 aliphatic rings. The Morgan fingerprint density at radius 1 is 1.00 bits per heavy atom. The molecule has 0 aromatic heterocycles. The minimum atomic E-state index is -0.337. The molecule has 2 aromatic rings. The average molecular weight is 435 g/mol. The van der Waals surface area contributed by atoms with Crippen LogP contribution in [0.25, 0.3) is 0 Å². The standard InChI is InChI=1S/C16H15Br2ClO2/c1-9-5-4-6-10(15(9)18)16(19)11-7-14(21-3)12(17)8-13(11)20-2/h4-8,16H,1-3H3. The lowest BCUT2D eigenvalue weighted by atomic mass is 10.0. The minimum Gasteiger partial charge on any atom is -0.496 e. The van der Waals surface area contributed by atoms with E-state index in [1.54, 1.807) is 14.2 Å². The van der Waals surface area contributed by atoms with E-state index in [1.165, 1.54) is 0 Å². The molecular weight excluding hydrogens is 419 g/mol. The summed E-state index contributed by atoms with van der Waals surface area (Å²) in [6, 6.07) is 9.80. The van der Waals surface area contributed by atoms with Crippen LogP contribution in [-0.2, 0) is 0 Å². The molecule has 21 heavy (non-hydrogen) atoms. The lowest BCUT2D eigenvalue weighted by molar-refractivity contribution is 0.397. The lowest BCUT2D eigenvalue weighted by Gasteiger charge is -2.18. The van der Waals surface area contributed by atoms with E-state index in [-0.39, 0.29) is 5.38 Å². The predicted octanol–water partition coefficient (Wildman–Crippen LogP) is 5.87. The molecule has 0 fully saturated rings. The van der Waals surface area contributed by atoms with Gasteiger partial charge in [0.05, 0.1) is 24.1 Å². The van der Waals surface area contributed by atoms with Crippen molar-refractivity contribution in [3.63, 3.8) is 0 Å². The van der Waals surface area contributed by atoms with Gasteiger partial charge in [0.15, 0.2) is 0 Å². The van der Waals surface area contributed by atoms with Crippen LogP contribution in [0.2, 0.25) is 0 Å². The van der Waals surface area contributed by atoms with Gasteiger partial charge in [0.1, 0.15) is 11.5 Å². The Morgan fingerprint density at radius 3 is 2.29 bits per heavy atom. The summed E-state index contributed by atoms with van der Waals surface area (Å²) in [5.41, 5.74) is 3.01. The number of methoxy groups -OCH3 is 2. The molecule has 0 spiro atoms. The second-order valence-corrected chi connectivity index (χ2v) is 6.65. The van der Waals surface area contributed by atoms with Gasteiger partial charge >= 0.3 is 0 Å². The zero-order valence-corrected chi connectivity index (χ0v) is 15.8. The molecule has 0 heterocycles. The first-order chi connectivity index (χ1) is 9.99. The van der Waals surface area contributed by atoms with Crippen LogP contribution in [0.5, 0.6) is 11.5 Å². The Kier molecular flexibility index (Phi) is 5.58. The van der Waals surface area contributed by atoms with Gasteiger partial charge in [-0.1, -0.05) is 34.1 Å². The highest BCUT2D eigenvalue weighted by Crippen LogP contribution is 2.43. The Bertz CT molecular complexity index is 659. The molecule has 0 N–H and O–H groups in total. The number of hydrogen-bond acceptors (Lipinski definition) is 2. The Hall–Kier alpha value is -0.710. The smallest absolute Gasteiger partial charge is 0.133 e. The SMILES string of the molecule is COc1cc(C(Cl)c2cccc(C)c2Br)c(OC)cc1Br. The fraction of sp³-hybridized carbons (Fsp3) is 0.250. The van der Waals surface area contributed by atoms with E-state index in [9.17, 15) is 0 Å². The third kappa shape index (κ3) is 3.38. The summed E-state index contributed by atoms with van der Waals surface area (Å²) in [6.45, 7) is 2.04. The summed E-state index contributed by atoms with van der Waals surface area (Å²) in [6.07, 6.45) is 0. The fourth-order valence-corrected chi connectivity index (χ4v) is 3.58. The van der Waals surface area contributed by atoms with Gasteiger partial charge in [0.25, 0.3) is 0 Å². The van der Waals surface area contributed by atoms with Crippen LogP contribution in [0.4, 0.5) is 0 Å². The fourth-order valence-electron chi connectivity index (χ4n) is 2.12. The molecular formula is C16H15Br2ClO2. The topological polar surface area (TPSA) is 18.5 Å². The lowest BCUT2D eigenvalue weighted by Crippen LogP contribution is -2.00. The largest absolute Gasteiger partial charge is 0.496 e. The van der Waals surface area contributed by atoms with Crippen molar-refractivity contribution in [3.05, 3.63) is 56.0 Å². The third-order valence-electron chi connectivity index (χ3n) is 3.27. The van der Waals surface area contributed by atoms with Gasteiger partial charge in [-0.25, -0.2) is 0 Å². The van der Waals surface area contributed by atoms with E-state index >= 15 is 0 Å². The monoisotopic (exact) mass is 432 g/mol. The van der Waals surface area contributed by atoms with Gasteiger partial charge in [-0.2, -0.15) is 0 Å². The van der Waals surface area contributed by atoms with Gasteiger partial charge < -0.3 is 9.47 Å². The summed E-state index contributed by atoms with van der Waals surface area (Å²) >= 11 is 13.8. The third-order valence-corrected chi connectivity index (χ3v) is 5.45. The van der Waals surface area contributed by atoms with Crippen LogP contribution < -0.4 is 9.47 Å². The van der Waals surface area contributed by atoms with Gasteiger partial charge in [0.2, 0.25) is 0 Å². The van der Waals surface area contributed by atoms with Gasteiger partial charge in [-0.05, 0) is 46.1 Å². The minimum absolute atomic E-state index is 0.337. The molecule has 2 rings (SSSR count). The van der Waals surface area contributed by atoms with Crippen molar-refractivity contribution in [2.45, 2.75) is 12.3 Å². The van der Waals surface area contributed by atoms with Crippen molar-refractivity contribution in [2.75, 3.05) is 14.2 Å². The summed E-state index contributed by atoms with van der Waals surface area (Å²) in [5.74, 6) is 1.44. The number of halogens is 3. The van der Waals surface area contributed by atoms with E-state index in [1.807, 2.05) is 37.3 Å². The molecule has 0 saturated heterocycles. The predicted molar refractivity (Wildman–Crippen MR) is 93.8 cm³/mol. The van der Waals surface area contributed by atoms with Crippen LogP contribution in [0.15, 0.2) is 39.3 Å². The first kappa shape index (κ1) is 16.7. The Balaban J connectivity index is 2.56. The van der Waals surface area contributed by atoms with Crippen LogP contribution in [0.3, 0.4) is 0 Å². The quantitative estimate of drug-likeness (QED) is 0.561. The van der Waals surface area contributed by atoms with E-state index in [2.05, 4.69) is 31.9 Å². The van der Waals surface area contributed by atoms with Gasteiger partial charge in [-0.15, -0.1) is 11.6 Å². The second kappa shape index (κ2) is 7.03. The maximum atomic E-state index is 6.69. The molecule has 5 heteroatoms. The van der Waals surface area contributed by atoms with Crippen LogP contribution in [-0.4, -0.2) is 14.2 Å². The number of alkyl halides is 1. The van der Waals surface area contributed by atoms with E-state index in [4.69, 9.17) is 21.1 Å². The molecule has 0 saturated carbocycles. The Morgan fingerprint density at radius 2 is 1.67 bits per heavy atom. The van der Waals surface area contributed by atoms with Crippen LogP contribution in [0.1, 0.15) is 22.1 Å². The van der Waals surface area contributed by atoms with Gasteiger partial charge in [0, 0.05) is 10.0 Å². The zero-order chi connectivity index (χ0) is 15.6. The van der Waals surface area contributed by atoms with Crippen molar-refractivity contribution in [3.8, 4) is 11.5 Å². The highest BCUT2D eigenvalue weighted by Gasteiger charge is 2.21. The number of aryl methyl sites for hydroxylation is 1. The molecule has 0 aliphatic carbocycles. The molecule has 1 atom stereocenters. The van der Waals surface area contributed by atoms with Crippen LogP contribution in [0, 0.1) is 6.92 Å². The van der Waals surface area contributed by atoms with Crippen molar-refractivity contribution in [1.82, 2.24) is 0 Å². The number of rotatable bonds is 4. The molecule has 1 unspecified atom stereocenters. The highest BCUT2D eigenvalue weighted by atomic mass is 79.9. The summed E-state index contributed by atoms with van der Waals surface area (Å²) < 4.78 is 12.6. The Labute approximate surface area is 146 Å². The molecule has 0 amide bonds. The first-order valence-corrected chi connectivity index (χ1v) is 8.32. The highest BCUT2D eigenvalue weighted by molar-refractivity contribution is 9.10. The first-order valence-electron chi connectivity index (χ1n) is 6.30. The van der Waals surface area contributed by atoms with E-state index in [0.29, 0.717) is 0 Å².